The second kappa shape index (κ2) is 3.08. The summed E-state index contributed by atoms with van der Waals surface area (Å²) in [6, 6.07) is 0. The van der Waals surface area contributed by atoms with E-state index in [1.165, 1.54) is 19.3 Å². The zero-order valence-electron chi connectivity index (χ0n) is 5.52. The first-order chi connectivity index (χ1) is 3.93. The lowest BCUT2D eigenvalue weighted by Gasteiger charge is -2.01. The highest BCUT2D eigenvalue weighted by Gasteiger charge is 2.13. The fraction of sp³-hybridized carbons (Fsp3) is 1.00. The molecule has 0 bridgehead atoms. The molecule has 1 aliphatic rings. The Labute approximate surface area is 51.0 Å². The van der Waals surface area contributed by atoms with Gasteiger partial charge in [-0.2, -0.15) is 0 Å². The monoisotopic (exact) mass is 114 g/mol. The minimum Gasteiger partial charge on any atom is -0.381 e. The molecule has 1 heteroatoms. The van der Waals surface area contributed by atoms with Gasteiger partial charge in [-0.25, -0.2) is 0 Å². The van der Waals surface area contributed by atoms with Crippen LogP contribution in [-0.4, -0.2) is 13.2 Å². The van der Waals surface area contributed by atoms with Crippen LogP contribution in [0, 0.1) is 5.92 Å². The Morgan fingerprint density at radius 2 is 2.50 bits per heavy atom. The minimum atomic E-state index is 0.889. The fourth-order valence-corrected chi connectivity index (χ4v) is 1.22. The van der Waals surface area contributed by atoms with Gasteiger partial charge in [0.25, 0.3) is 0 Å². The Balaban J connectivity index is 2.06. The van der Waals surface area contributed by atoms with Crippen LogP contribution in [0.5, 0.6) is 0 Å². The van der Waals surface area contributed by atoms with Crippen LogP contribution in [0.25, 0.3) is 0 Å². The summed E-state index contributed by atoms with van der Waals surface area (Å²) in [4.78, 5) is 0. The quantitative estimate of drug-likeness (QED) is 0.532. The van der Waals surface area contributed by atoms with Crippen LogP contribution in [0.1, 0.15) is 26.2 Å². The van der Waals surface area contributed by atoms with Crippen LogP contribution in [-0.2, 0) is 4.74 Å². The van der Waals surface area contributed by atoms with Gasteiger partial charge in [0.1, 0.15) is 0 Å². The smallest absolute Gasteiger partial charge is 0.0495 e. The number of rotatable bonds is 2. The van der Waals surface area contributed by atoms with E-state index in [1.54, 1.807) is 0 Å². The summed E-state index contributed by atoms with van der Waals surface area (Å²) in [5.41, 5.74) is 0. The highest BCUT2D eigenvalue weighted by Crippen LogP contribution is 2.16. The number of ether oxygens (including phenoxy) is 1. The van der Waals surface area contributed by atoms with E-state index in [-0.39, 0.29) is 0 Å². The molecule has 0 N–H and O–H groups in total. The molecule has 0 saturated carbocycles. The Morgan fingerprint density at radius 1 is 1.62 bits per heavy atom. The molecule has 1 heterocycles. The minimum absolute atomic E-state index is 0.889. The third-order valence-corrected chi connectivity index (χ3v) is 1.72. The highest BCUT2D eigenvalue weighted by atomic mass is 16.5. The van der Waals surface area contributed by atoms with E-state index in [1.807, 2.05) is 0 Å². The van der Waals surface area contributed by atoms with E-state index in [4.69, 9.17) is 4.74 Å². The third-order valence-electron chi connectivity index (χ3n) is 1.72. The molecular weight excluding hydrogens is 100 g/mol. The molecule has 0 spiro atoms. The van der Waals surface area contributed by atoms with Crippen molar-refractivity contribution in [1.82, 2.24) is 0 Å². The van der Waals surface area contributed by atoms with Gasteiger partial charge < -0.3 is 4.74 Å². The lowest BCUT2D eigenvalue weighted by atomic mass is 10.0. The zero-order valence-corrected chi connectivity index (χ0v) is 5.52. The number of hydrogen-bond donors (Lipinski definition) is 0. The largest absolute Gasteiger partial charge is 0.381 e. The third kappa shape index (κ3) is 1.48. The molecule has 0 amide bonds. The van der Waals surface area contributed by atoms with Crippen molar-refractivity contribution in [3.05, 3.63) is 0 Å². The molecule has 0 aromatic carbocycles. The fourth-order valence-electron chi connectivity index (χ4n) is 1.22. The van der Waals surface area contributed by atoms with E-state index >= 15 is 0 Å². The molecular formula is C7H14O. The molecule has 1 rings (SSSR count). The first-order valence-corrected chi connectivity index (χ1v) is 3.51. The Morgan fingerprint density at radius 3 is 3.00 bits per heavy atom. The van der Waals surface area contributed by atoms with Gasteiger partial charge >= 0.3 is 0 Å². The van der Waals surface area contributed by atoms with Crippen molar-refractivity contribution in [3.8, 4) is 0 Å². The Bertz CT molecular complexity index is 55.4. The molecule has 0 aliphatic carbocycles. The van der Waals surface area contributed by atoms with Crippen molar-refractivity contribution >= 4 is 0 Å². The lowest BCUT2D eigenvalue weighted by Crippen LogP contribution is -1.96. The lowest BCUT2D eigenvalue weighted by molar-refractivity contribution is 0.184. The van der Waals surface area contributed by atoms with Gasteiger partial charge in [-0.3, -0.25) is 0 Å². The molecule has 1 saturated heterocycles. The highest BCUT2D eigenvalue weighted by molar-refractivity contribution is 4.62. The van der Waals surface area contributed by atoms with Gasteiger partial charge in [0.15, 0.2) is 0 Å². The van der Waals surface area contributed by atoms with E-state index in [9.17, 15) is 0 Å². The molecule has 0 radical (unpaired) electrons. The zero-order chi connectivity index (χ0) is 5.82. The number of hydrogen-bond acceptors (Lipinski definition) is 1. The Hall–Kier alpha value is -0.0400. The molecule has 1 aliphatic heterocycles. The van der Waals surface area contributed by atoms with Gasteiger partial charge in [-0.1, -0.05) is 13.3 Å². The van der Waals surface area contributed by atoms with E-state index in [2.05, 4.69) is 6.92 Å². The molecule has 1 fully saturated rings. The van der Waals surface area contributed by atoms with Crippen LogP contribution in [0.15, 0.2) is 0 Å². The summed E-state index contributed by atoms with van der Waals surface area (Å²) < 4.78 is 5.21. The molecule has 0 aromatic rings. The van der Waals surface area contributed by atoms with Crippen molar-refractivity contribution in [2.24, 2.45) is 5.92 Å². The Kier molecular flexibility index (Phi) is 2.34. The maximum absolute atomic E-state index is 5.21. The second-order valence-electron chi connectivity index (χ2n) is 2.52. The predicted molar refractivity (Wildman–Crippen MR) is 33.8 cm³/mol. The summed E-state index contributed by atoms with van der Waals surface area (Å²) in [5, 5.41) is 0. The standard InChI is InChI=1S/C7H14O/c1-2-3-7-4-5-8-6-7/h7H,2-6H2,1H3. The van der Waals surface area contributed by atoms with Crippen LogP contribution < -0.4 is 0 Å². The van der Waals surface area contributed by atoms with Gasteiger partial charge in [-0.15, -0.1) is 0 Å². The summed E-state index contributed by atoms with van der Waals surface area (Å²) in [6.07, 6.45) is 3.97. The molecule has 1 nitrogen and oxygen atoms in total. The van der Waals surface area contributed by atoms with Gasteiger partial charge in [0.05, 0.1) is 0 Å². The topological polar surface area (TPSA) is 9.23 Å². The average molecular weight is 114 g/mol. The summed E-state index contributed by atoms with van der Waals surface area (Å²) >= 11 is 0. The first-order valence-electron chi connectivity index (χ1n) is 3.51. The van der Waals surface area contributed by atoms with Crippen molar-refractivity contribution < 1.29 is 4.74 Å². The SMILES string of the molecule is CCCC1CCOC1. The maximum Gasteiger partial charge on any atom is 0.0495 e. The van der Waals surface area contributed by atoms with Crippen molar-refractivity contribution in [2.45, 2.75) is 26.2 Å². The van der Waals surface area contributed by atoms with Crippen LogP contribution >= 0.6 is 0 Å². The van der Waals surface area contributed by atoms with Crippen molar-refractivity contribution in [2.75, 3.05) is 13.2 Å². The second-order valence-corrected chi connectivity index (χ2v) is 2.52. The van der Waals surface area contributed by atoms with E-state index < -0.39 is 0 Å². The maximum atomic E-state index is 5.21. The van der Waals surface area contributed by atoms with Gasteiger partial charge in [-0.05, 0) is 18.8 Å². The summed E-state index contributed by atoms with van der Waals surface area (Å²) in [6.45, 7) is 4.26. The normalized spacial score (nSPS) is 28.9. The van der Waals surface area contributed by atoms with Gasteiger partial charge in [0, 0.05) is 13.2 Å². The predicted octanol–water partition coefficient (Wildman–Crippen LogP) is 1.82. The first kappa shape index (κ1) is 6.09. The average Bonchev–Trinajstić information content (AvgIpc) is 2.19. The van der Waals surface area contributed by atoms with Crippen LogP contribution in [0.3, 0.4) is 0 Å². The molecule has 8 heavy (non-hydrogen) atoms. The van der Waals surface area contributed by atoms with Crippen molar-refractivity contribution in [3.63, 3.8) is 0 Å². The molecule has 0 aromatic heterocycles. The molecule has 1 unspecified atom stereocenters. The molecule has 1 atom stereocenters. The molecule has 48 valence electrons. The van der Waals surface area contributed by atoms with Crippen LogP contribution in [0.2, 0.25) is 0 Å². The van der Waals surface area contributed by atoms with Crippen molar-refractivity contribution in [1.29, 1.82) is 0 Å². The van der Waals surface area contributed by atoms with Crippen LogP contribution in [0.4, 0.5) is 0 Å². The summed E-state index contributed by atoms with van der Waals surface area (Å²) in [5.74, 6) is 0.889. The van der Waals surface area contributed by atoms with E-state index in [0.29, 0.717) is 0 Å². The van der Waals surface area contributed by atoms with E-state index in [0.717, 1.165) is 19.1 Å². The van der Waals surface area contributed by atoms with Gasteiger partial charge in [0.2, 0.25) is 0 Å². The summed E-state index contributed by atoms with van der Waals surface area (Å²) in [7, 11) is 0.